The molecule has 0 bridgehead atoms. The minimum atomic E-state index is 0.318. The molecule has 1 aliphatic rings. The normalized spacial score (nSPS) is 12.8. The maximum atomic E-state index is 5.52. The molecule has 0 N–H and O–H groups in total. The third-order valence-electron chi connectivity index (χ3n) is 2.83. The maximum Gasteiger partial charge on any atom is 0.231 e. The van der Waals surface area contributed by atoms with Gasteiger partial charge in [0.1, 0.15) is 0 Å². The van der Waals surface area contributed by atoms with Crippen molar-refractivity contribution in [2.24, 2.45) is 0 Å². The lowest BCUT2D eigenvalue weighted by Gasteiger charge is -2.08. The molecular formula is C14H12O2. The fourth-order valence-electron chi connectivity index (χ4n) is 2.02. The third kappa shape index (κ3) is 1.34. The highest BCUT2D eigenvalue weighted by Crippen LogP contribution is 2.41. The molecule has 1 heterocycles. The molecule has 0 atom stereocenters. The lowest BCUT2D eigenvalue weighted by Crippen LogP contribution is -1.93. The number of ether oxygens (including phenoxy) is 2. The van der Waals surface area contributed by atoms with Crippen LogP contribution in [0.3, 0.4) is 0 Å². The topological polar surface area (TPSA) is 18.5 Å². The largest absolute Gasteiger partial charge is 0.454 e. The fourth-order valence-corrected chi connectivity index (χ4v) is 2.02. The van der Waals surface area contributed by atoms with Crippen LogP contribution < -0.4 is 9.47 Å². The van der Waals surface area contributed by atoms with Gasteiger partial charge in [-0.15, -0.1) is 0 Å². The first-order chi connectivity index (χ1) is 7.86. The summed E-state index contributed by atoms with van der Waals surface area (Å²) in [5, 5.41) is 0. The van der Waals surface area contributed by atoms with Crippen LogP contribution in [0.2, 0.25) is 0 Å². The van der Waals surface area contributed by atoms with Gasteiger partial charge in [0.25, 0.3) is 0 Å². The Labute approximate surface area is 94.4 Å². The van der Waals surface area contributed by atoms with Gasteiger partial charge in [-0.3, -0.25) is 0 Å². The van der Waals surface area contributed by atoms with Crippen molar-refractivity contribution in [2.75, 3.05) is 6.79 Å². The maximum absolute atomic E-state index is 5.52. The van der Waals surface area contributed by atoms with Gasteiger partial charge < -0.3 is 9.47 Å². The second-order valence-electron chi connectivity index (χ2n) is 3.85. The van der Waals surface area contributed by atoms with Crippen LogP contribution in [0.5, 0.6) is 11.5 Å². The average molecular weight is 212 g/mol. The summed E-state index contributed by atoms with van der Waals surface area (Å²) >= 11 is 0. The lowest BCUT2D eigenvalue weighted by molar-refractivity contribution is 0.174. The number of aryl methyl sites for hydroxylation is 1. The van der Waals surface area contributed by atoms with Crippen LogP contribution in [-0.4, -0.2) is 6.79 Å². The van der Waals surface area contributed by atoms with Crippen molar-refractivity contribution in [1.29, 1.82) is 0 Å². The van der Waals surface area contributed by atoms with Gasteiger partial charge in [-0.25, -0.2) is 0 Å². The van der Waals surface area contributed by atoms with Crippen LogP contribution in [0.1, 0.15) is 5.56 Å². The summed E-state index contributed by atoms with van der Waals surface area (Å²) in [6, 6.07) is 14.3. The Morgan fingerprint density at radius 1 is 0.875 bits per heavy atom. The fraction of sp³-hybridized carbons (Fsp3) is 0.143. The van der Waals surface area contributed by atoms with E-state index in [1.54, 1.807) is 0 Å². The van der Waals surface area contributed by atoms with Crippen LogP contribution in [0, 0.1) is 6.92 Å². The molecule has 0 saturated carbocycles. The Morgan fingerprint density at radius 2 is 1.69 bits per heavy atom. The van der Waals surface area contributed by atoms with E-state index in [4.69, 9.17) is 9.47 Å². The van der Waals surface area contributed by atoms with Gasteiger partial charge >= 0.3 is 0 Å². The molecule has 2 nitrogen and oxygen atoms in total. The van der Waals surface area contributed by atoms with E-state index in [0.29, 0.717) is 6.79 Å². The SMILES string of the molecule is Cc1ccccc1-c1cccc2c1OCO2. The van der Waals surface area contributed by atoms with Gasteiger partial charge in [0.2, 0.25) is 6.79 Å². The molecule has 0 fully saturated rings. The molecule has 0 aromatic heterocycles. The smallest absolute Gasteiger partial charge is 0.231 e. The van der Waals surface area contributed by atoms with Crippen LogP contribution >= 0.6 is 0 Å². The van der Waals surface area contributed by atoms with Gasteiger partial charge in [-0.1, -0.05) is 36.4 Å². The molecule has 2 heteroatoms. The molecule has 0 aliphatic carbocycles. The van der Waals surface area contributed by atoms with E-state index in [1.165, 1.54) is 11.1 Å². The van der Waals surface area contributed by atoms with Gasteiger partial charge in [0.05, 0.1) is 0 Å². The standard InChI is InChI=1S/C14H12O2/c1-10-5-2-3-6-11(10)12-7-4-8-13-14(12)16-9-15-13/h2-8H,9H2,1H3. The van der Waals surface area contributed by atoms with Crippen molar-refractivity contribution >= 4 is 0 Å². The van der Waals surface area contributed by atoms with Crippen LogP contribution in [0.4, 0.5) is 0 Å². The number of rotatable bonds is 1. The highest BCUT2D eigenvalue weighted by atomic mass is 16.7. The van der Waals surface area contributed by atoms with E-state index >= 15 is 0 Å². The van der Waals surface area contributed by atoms with E-state index in [9.17, 15) is 0 Å². The summed E-state index contributed by atoms with van der Waals surface area (Å²) in [5.41, 5.74) is 3.55. The van der Waals surface area contributed by atoms with Crippen molar-refractivity contribution < 1.29 is 9.47 Å². The predicted octanol–water partition coefficient (Wildman–Crippen LogP) is 3.39. The second-order valence-corrected chi connectivity index (χ2v) is 3.85. The zero-order valence-corrected chi connectivity index (χ0v) is 9.07. The number of para-hydroxylation sites is 1. The van der Waals surface area contributed by atoms with Crippen LogP contribution in [-0.2, 0) is 0 Å². The molecule has 2 aromatic carbocycles. The highest BCUT2D eigenvalue weighted by Gasteiger charge is 2.18. The Hall–Kier alpha value is -1.96. The molecular weight excluding hydrogens is 200 g/mol. The summed E-state index contributed by atoms with van der Waals surface area (Å²) in [6.07, 6.45) is 0. The van der Waals surface area contributed by atoms with Crippen molar-refractivity contribution in [3.63, 3.8) is 0 Å². The number of benzene rings is 2. The van der Waals surface area contributed by atoms with Crippen molar-refractivity contribution in [3.8, 4) is 22.6 Å². The summed E-state index contributed by atoms with van der Waals surface area (Å²) in [4.78, 5) is 0. The summed E-state index contributed by atoms with van der Waals surface area (Å²) in [5.74, 6) is 1.69. The van der Waals surface area contributed by atoms with Gasteiger partial charge in [0.15, 0.2) is 11.5 Å². The quantitative estimate of drug-likeness (QED) is 0.721. The minimum Gasteiger partial charge on any atom is -0.454 e. The molecule has 1 aliphatic heterocycles. The molecule has 0 saturated heterocycles. The number of hydrogen-bond donors (Lipinski definition) is 0. The van der Waals surface area contributed by atoms with Gasteiger partial charge in [-0.2, -0.15) is 0 Å². The monoisotopic (exact) mass is 212 g/mol. The molecule has 0 spiro atoms. The van der Waals surface area contributed by atoms with E-state index in [-0.39, 0.29) is 0 Å². The van der Waals surface area contributed by atoms with E-state index in [2.05, 4.69) is 25.1 Å². The van der Waals surface area contributed by atoms with Crippen LogP contribution in [0.25, 0.3) is 11.1 Å². The molecule has 0 unspecified atom stereocenters. The lowest BCUT2D eigenvalue weighted by atomic mass is 9.99. The molecule has 0 amide bonds. The van der Waals surface area contributed by atoms with Crippen molar-refractivity contribution in [2.45, 2.75) is 6.92 Å². The van der Waals surface area contributed by atoms with E-state index < -0.39 is 0 Å². The summed E-state index contributed by atoms with van der Waals surface area (Å²) in [7, 11) is 0. The zero-order valence-electron chi connectivity index (χ0n) is 9.07. The van der Waals surface area contributed by atoms with Gasteiger partial charge in [0, 0.05) is 5.56 Å². The van der Waals surface area contributed by atoms with E-state index in [1.807, 2.05) is 24.3 Å². The summed E-state index contributed by atoms with van der Waals surface area (Å²) in [6.45, 7) is 2.42. The Balaban J connectivity index is 2.21. The van der Waals surface area contributed by atoms with Gasteiger partial charge in [-0.05, 0) is 24.1 Å². The summed E-state index contributed by atoms with van der Waals surface area (Å²) < 4.78 is 10.9. The molecule has 0 radical (unpaired) electrons. The first kappa shape index (κ1) is 9.28. The average Bonchev–Trinajstić information content (AvgIpc) is 2.77. The number of fused-ring (bicyclic) bond motifs is 1. The molecule has 80 valence electrons. The Bertz CT molecular complexity index is 532. The van der Waals surface area contributed by atoms with Crippen molar-refractivity contribution in [1.82, 2.24) is 0 Å². The first-order valence-electron chi connectivity index (χ1n) is 5.31. The molecule has 3 rings (SSSR count). The molecule has 16 heavy (non-hydrogen) atoms. The molecule has 2 aromatic rings. The first-order valence-corrected chi connectivity index (χ1v) is 5.31. The van der Waals surface area contributed by atoms with E-state index in [0.717, 1.165) is 17.1 Å². The Morgan fingerprint density at radius 3 is 2.56 bits per heavy atom. The van der Waals surface area contributed by atoms with Crippen molar-refractivity contribution in [3.05, 3.63) is 48.0 Å². The second kappa shape index (κ2) is 3.56. The number of hydrogen-bond acceptors (Lipinski definition) is 2. The zero-order chi connectivity index (χ0) is 11.0. The highest BCUT2D eigenvalue weighted by molar-refractivity contribution is 5.76. The predicted molar refractivity (Wildman–Crippen MR) is 62.7 cm³/mol. The minimum absolute atomic E-state index is 0.318. The Kier molecular flexibility index (Phi) is 2.07. The van der Waals surface area contributed by atoms with Crippen LogP contribution in [0.15, 0.2) is 42.5 Å². The third-order valence-corrected chi connectivity index (χ3v) is 2.83.